The molecular weight excluding hydrogens is 464 g/mol. The maximum Gasteiger partial charge on any atom is 0.242 e. The highest BCUT2D eigenvalue weighted by molar-refractivity contribution is 7.09. The Balaban J connectivity index is 1.76. The molecule has 1 aromatic heterocycles. The van der Waals surface area contributed by atoms with Crippen LogP contribution in [0.5, 0.6) is 11.5 Å². The molecule has 1 aliphatic heterocycles. The summed E-state index contributed by atoms with van der Waals surface area (Å²) in [6.45, 7) is 6.47. The minimum absolute atomic E-state index is 0.0510. The van der Waals surface area contributed by atoms with E-state index in [1.54, 1.807) is 23.3 Å². The molecule has 0 bridgehead atoms. The van der Waals surface area contributed by atoms with Crippen LogP contribution in [0.25, 0.3) is 0 Å². The first kappa shape index (κ1) is 27.0. The van der Waals surface area contributed by atoms with Gasteiger partial charge in [-0.2, -0.15) is 0 Å². The van der Waals surface area contributed by atoms with E-state index in [0.29, 0.717) is 38.4 Å². The maximum atomic E-state index is 13.6. The molecule has 0 radical (unpaired) electrons. The van der Waals surface area contributed by atoms with Crippen LogP contribution in [0, 0.1) is 5.92 Å². The van der Waals surface area contributed by atoms with Crippen LogP contribution in [0.15, 0.2) is 35.7 Å². The fraction of sp³-hybridized carbons (Fsp3) is 0.556. The van der Waals surface area contributed by atoms with Crippen molar-refractivity contribution >= 4 is 23.2 Å². The Bertz CT molecular complexity index is 934. The quantitative estimate of drug-likeness (QED) is 0.318. The summed E-state index contributed by atoms with van der Waals surface area (Å²) in [7, 11) is 1.65. The summed E-state index contributed by atoms with van der Waals surface area (Å²) in [6, 6.07) is 9.79. The lowest BCUT2D eigenvalue weighted by Gasteiger charge is -2.30. The van der Waals surface area contributed by atoms with E-state index < -0.39 is 0 Å². The van der Waals surface area contributed by atoms with Crippen LogP contribution >= 0.6 is 11.3 Å². The van der Waals surface area contributed by atoms with Crippen molar-refractivity contribution in [2.24, 2.45) is 5.92 Å². The predicted octanol–water partition coefficient (Wildman–Crippen LogP) is 5.09. The van der Waals surface area contributed by atoms with E-state index in [1.165, 1.54) is 0 Å². The average molecular weight is 503 g/mol. The molecule has 0 aliphatic carbocycles. The number of benzene rings is 1. The number of nitrogens with zero attached hydrogens (tertiary/aromatic N) is 2. The van der Waals surface area contributed by atoms with Gasteiger partial charge in [0, 0.05) is 37.6 Å². The van der Waals surface area contributed by atoms with Crippen LogP contribution < -0.4 is 9.47 Å². The maximum absolute atomic E-state index is 13.6. The van der Waals surface area contributed by atoms with E-state index in [1.807, 2.05) is 40.6 Å². The SMILES string of the molecule is CCCC[C@@H](CC)C(=O)N(CCCOC)CC(=O)N(Cc1ccc2c(c1)OCO2)Cc1cccs1. The van der Waals surface area contributed by atoms with Crippen LogP contribution in [-0.2, 0) is 27.4 Å². The van der Waals surface area contributed by atoms with Crippen molar-refractivity contribution < 1.29 is 23.8 Å². The second kappa shape index (κ2) is 14.1. The summed E-state index contributed by atoms with van der Waals surface area (Å²) >= 11 is 1.62. The Labute approximate surface area is 213 Å². The fourth-order valence-electron chi connectivity index (χ4n) is 4.22. The number of hydrogen-bond acceptors (Lipinski definition) is 6. The number of ether oxygens (including phenoxy) is 3. The number of fused-ring (bicyclic) bond motifs is 1. The number of thiophene rings is 1. The Hall–Kier alpha value is -2.58. The molecule has 192 valence electrons. The summed E-state index contributed by atoms with van der Waals surface area (Å²) < 4.78 is 16.2. The zero-order chi connectivity index (χ0) is 25.0. The Morgan fingerprint density at radius 1 is 1.09 bits per heavy atom. The number of carbonyl (C=O) groups excluding carboxylic acids is 2. The molecule has 0 saturated carbocycles. The number of rotatable bonds is 15. The molecule has 3 rings (SSSR count). The fourth-order valence-corrected chi connectivity index (χ4v) is 4.94. The van der Waals surface area contributed by atoms with Gasteiger partial charge in [-0.05, 0) is 48.4 Å². The van der Waals surface area contributed by atoms with Gasteiger partial charge in [-0.15, -0.1) is 11.3 Å². The minimum Gasteiger partial charge on any atom is -0.454 e. The number of hydrogen-bond donors (Lipinski definition) is 0. The number of amides is 2. The highest BCUT2D eigenvalue weighted by atomic mass is 32.1. The van der Waals surface area contributed by atoms with Gasteiger partial charge in [0.1, 0.15) is 0 Å². The Kier molecular flexibility index (Phi) is 10.9. The van der Waals surface area contributed by atoms with E-state index in [0.717, 1.165) is 41.9 Å². The topological polar surface area (TPSA) is 68.3 Å². The molecule has 2 aromatic rings. The number of unbranched alkanes of at least 4 members (excludes halogenated alkanes) is 1. The zero-order valence-electron chi connectivity index (χ0n) is 21.2. The van der Waals surface area contributed by atoms with Gasteiger partial charge in [0.15, 0.2) is 11.5 Å². The van der Waals surface area contributed by atoms with Gasteiger partial charge in [0.2, 0.25) is 18.6 Å². The van der Waals surface area contributed by atoms with Crippen LogP contribution in [0.2, 0.25) is 0 Å². The standard InChI is InChI=1S/C27H38N2O5S/c1-4-6-9-22(5-2)27(31)28(13-8-14-32-3)19-26(30)29(18-23-10-7-15-35-23)17-21-11-12-24-25(16-21)34-20-33-24/h7,10-12,15-16,22H,4-6,8-9,13-14,17-20H2,1-3H3/t22-/m1/s1. The van der Waals surface area contributed by atoms with Crippen molar-refractivity contribution in [2.45, 2.75) is 59.0 Å². The minimum atomic E-state index is -0.0628. The first-order chi connectivity index (χ1) is 17.0. The summed E-state index contributed by atoms with van der Waals surface area (Å²) in [5.41, 5.74) is 0.964. The molecule has 8 heteroatoms. The predicted molar refractivity (Wildman–Crippen MR) is 138 cm³/mol. The molecule has 0 unspecified atom stereocenters. The average Bonchev–Trinajstić information content (AvgIpc) is 3.55. The third-order valence-corrected chi connectivity index (χ3v) is 7.11. The smallest absolute Gasteiger partial charge is 0.242 e. The highest BCUT2D eigenvalue weighted by Crippen LogP contribution is 2.33. The molecule has 0 fully saturated rings. The number of methoxy groups -OCH3 is 1. The highest BCUT2D eigenvalue weighted by Gasteiger charge is 2.27. The van der Waals surface area contributed by atoms with Crippen molar-refractivity contribution in [3.63, 3.8) is 0 Å². The summed E-state index contributed by atoms with van der Waals surface area (Å²) in [5, 5.41) is 2.01. The molecule has 2 heterocycles. The monoisotopic (exact) mass is 502 g/mol. The Morgan fingerprint density at radius 3 is 2.63 bits per heavy atom. The third kappa shape index (κ3) is 7.97. The lowest BCUT2D eigenvalue weighted by Crippen LogP contribution is -2.45. The second-order valence-corrected chi connectivity index (χ2v) is 9.90. The molecule has 0 saturated heterocycles. The Morgan fingerprint density at radius 2 is 1.91 bits per heavy atom. The van der Waals surface area contributed by atoms with Crippen molar-refractivity contribution in [3.8, 4) is 11.5 Å². The molecule has 0 N–H and O–H groups in total. The van der Waals surface area contributed by atoms with E-state index in [-0.39, 0.29) is 31.1 Å². The van der Waals surface area contributed by atoms with Gasteiger partial charge in [-0.25, -0.2) is 0 Å². The normalized spacial score (nSPS) is 13.0. The van der Waals surface area contributed by atoms with E-state index in [2.05, 4.69) is 13.8 Å². The van der Waals surface area contributed by atoms with Crippen molar-refractivity contribution in [2.75, 3.05) is 33.6 Å². The lowest BCUT2D eigenvalue weighted by atomic mass is 9.97. The molecule has 7 nitrogen and oxygen atoms in total. The van der Waals surface area contributed by atoms with Crippen LogP contribution in [0.3, 0.4) is 0 Å². The second-order valence-electron chi connectivity index (χ2n) is 8.87. The van der Waals surface area contributed by atoms with Gasteiger partial charge in [0.25, 0.3) is 0 Å². The van der Waals surface area contributed by atoms with Crippen LogP contribution in [0.1, 0.15) is 56.4 Å². The van der Waals surface area contributed by atoms with E-state index >= 15 is 0 Å². The van der Waals surface area contributed by atoms with E-state index in [4.69, 9.17) is 14.2 Å². The summed E-state index contributed by atoms with van der Waals surface area (Å²) in [4.78, 5) is 31.7. The molecule has 35 heavy (non-hydrogen) atoms. The van der Waals surface area contributed by atoms with Crippen LogP contribution in [0.4, 0.5) is 0 Å². The van der Waals surface area contributed by atoms with Crippen molar-refractivity contribution in [1.82, 2.24) is 9.80 Å². The first-order valence-corrected chi connectivity index (χ1v) is 13.4. The van der Waals surface area contributed by atoms with Gasteiger partial charge in [0.05, 0.1) is 13.1 Å². The summed E-state index contributed by atoms with van der Waals surface area (Å²) in [5.74, 6) is 1.38. The molecule has 2 amide bonds. The molecule has 1 aliphatic rings. The van der Waals surface area contributed by atoms with Gasteiger partial charge >= 0.3 is 0 Å². The first-order valence-electron chi connectivity index (χ1n) is 12.5. The zero-order valence-corrected chi connectivity index (χ0v) is 22.0. The summed E-state index contributed by atoms with van der Waals surface area (Å²) in [6.07, 6.45) is 4.41. The van der Waals surface area contributed by atoms with Gasteiger partial charge in [-0.3, -0.25) is 9.59 Å². The van der Waals surface area contributed by atoms with E-state index in [9.17, 15) is 9.59 Å². The van der Waals surface area contributed by atoms with Crippen molar-refractivity contribution in [3.05, 3.63) is 46.2 Å². The molecule has 1 aromatic carbocycles. The molecule has 1 atom stereocenters. The third-order valence-electron chi connectivity index (χ3n) is 6.25. The number of carbonyl (C=O) groups is 2. The van der Waals surface area contributed by atoms with Crippen molar-refractivity contribution in [1.29, 1.82) is 0 Å². The lowest BCUT2D eigenvalue weighted by molar-refractivity contribution is -0.144. The molecule has 0 spiro atoms. The largest absolute Gasteiger partial charge is 0.454 e. The van der Waals surface area contributed by atoms with Gasteiger partial charge in [-0.1, -0.05) is 38.8 Å². The molecular formula is C27H38N2O5S. The van der Waals surface area contributed by atoms with Crippen LogP contribution in [-0.4, -0.2) is 55.2 Å². The van der Waals surface area contributed by atoms with Gasteiger partial charge < -0.3 is 24.0 Å².